The highest BCUT2D eigenvalue weighted by Gasteiger charge is 2.30. The van der Waals surface area contributed by atoms with E-state index < -0.39 is 11.9 Å². The lowest BCUT2D eigenvalue weighted by Gasteiger charge is -2.37. The highest BCUT2D eigenvalue weighted by molar-refractivity contribution is 6.27. The molecular formula is C23H29N3O6. The Balaban J connectivity index is 0.000000534. The number of likely N-dealkylation sites (N-methyl/N-ethyl adjacent to an activating group) is 1. The van der Waals surface area contributed by atoms with Crippen LogP contribution in [0.15, 0.2) is 54.6 Å². The van der Waals surface area contributed by atoms with Crippen molar-refractivity contribution in [1.82, 2.24) is 9.80 Å². The van der Waals surface area contributed by atoms with Gasteiger partial charge in [0.25, 0.3) is 0 Å². The Labute approximate surface area is 187 Å². The largest absolute Gasteiger partial charge is 0.492 e. The third-order valence-electron chi connectivity index (χ3n) is 4.89. The summed E-state index contributed by atoms with van der Waals surface area (Å²) in [4.78, 5) is 36.0. The topological polar surface area (TPSA) is 119 Å². The van der Waals surface area contributed by atoms with Gasteiger partial charge in [0.1, 0.15) is 11.8 Å². The van der Waals surface area contributed by atoms with Gasteiger partial charge in [-0.15, -0.1) is 0 Å². The van der Waals surface area contributed by atoms with Crippen LogP contribution >= 0.6 is 0 Å². The number of amides is 1. The molecule has 0 saturated carbocycles. The Bertz CT molecular complexity index is 886. The number of ether oxygens (including phenoxy) is 1. The molecule has 0 spiro atoms. The summed E-state index contributed by atoms with van der Waals surface area (Å²) < 4.78 is 5.65. The minimum atomic E-state index is -1.82. The average molecular weight is 444 g/mol. The molecule has 3 N–H and O–H groups in total. The van der Waals surface area contributed by atoms with Gasteiger partial charge in [-0.3, -0.25) is 9.69 Å². The van der Waals surface area contributed by atoms with Crippen LogP contribution in [0, 0.1) is 0 Å². The zero-order valence-corrected chi connectivity index (χ0v) is 18.2. The van der Waals surface area contributed by atoms with E-state index in [9.17, 15) is 4.79 Å². The van der Waals surface area contributed by atoms with Crippen molar-refractivity contribution in [2.24, 2.45) is 0 Å². The number of para-hydroxylation sites is 2. The van der Waals surface area contributed by atoms with Gasteiger partial charge in [0, 0.05) is 26.2 Å². The molecule has 1 saturated heterocycles. The number of hydrogen-bond donors (Lipinski definition) is 3. The van der Waals surface area contributed by atoms with Crippen molar-refractivity contribution >= 4 is 23.5 Å². The molecule has 1 fully saturated rings. The Kier molecular flexibility index (Phi) is 9.65. The number of benzene rings is 2. The first kappa shape index (κ1) is 24.8. The number of carboxylic acids is 2. The van der Waals surface area contributed by atoms with Crippen molar-refractivity contribution in [2.75, 3.05) is 45.2 Å². The highest BCUT2D eigenvalue weighted by Crippen LogP contribution is 2.28. The van der Waals surface area contributed by atoms with E-state index in [1.165, 1.54) is 0 Å². The first-order valence-electron chi connectivity index (χ1n) is 10.3. The zero-order valence-electron chi connectivity index (χ0n) is 18.2. The van der Waals surface area contributed by atoms with E-state index >= 15 is 0 Å². The molecule has 32 heavy (non-hydrogen) atoms. The predicted molar refractivity (Wildman–Crippen MR) is 120 cm³/mol. The smallest absolute Gasteiger partial charge is 0.414 e. The van der Waals surface area contributed by atoms with Gasteiger partial charge in [-0.05, 0) is 31.7 Å². The lowest BCUT2D eigenvalue weighted by Crippen LogP contribution is -2.48. The maximum atomic E-state index is 13.2. The van der Waals surface area contributed by atoms with Crippen molar-refractivity contribution in [2.45, 2.75) is 13.0 Å². The molecule has 1 unspecified atom stereocenters. The Morgan fingerprint density at radius 1 is 0.938 bits per heavy atom. The van der Waals surface area contributed by atoms with Crippen LogP contribution in [-0.4, -0.2) is 77.7 Å². The highest BCUT2D eigenvalue weighted by atomic mass is 16.5. The van der Waals surface area contributed by atoms with E-state index in [-0.39, 0.29) is 11.9 Å². The lowest BCUT2D eigenvalue weighted by atomic mass is 10.0. The summed E-state index contributed by atoms with van der Waals surface area (Å²) in [6.45, 7) is 6.18. The summed E-state index contributed by atoms with van der Waals surface area (Å²) in [6.07, 6.45) is 0. The summed E-state index contributed by atoms with van der Waals surface area (Å²) in [5.74, 6) is -2.97. The molecule has 172 valence electrons. The van der Waals surface area contributed by atoms with Gasteiger partial charge in [0.05, 0.1) is 12.3 Å². The first-order valence-corrected chi connectivity index (χ1v) is 10.3. The van der Waals surface area contributed by atoms with Crippen LogP contribution < -0.4 is 10.1 Å². The van der Waals surface area contributed by atoms with E-state index in [1.54, 1.807) is 0 Å². The SMILES string of the molecule is CCOc1ccccc1NC(=O)C(c1ccccc1)N1CCN(C)CC1.O=C(O)C(=O)O. The van der Waals surface area contributed by atoms with Gasteiger partial charge in [-0.25, -0.2) is 9.59 Å². The molecule has 1 heterocycles. The van der Waals surface area contributed by atoms with E-state index in [2.05, 4.69) is 22.2 Å². The molecular weight excluding hydrogens is 414 g/mol. The number of carbonyl (C=O) groups is 3. The van der Waals surface area contributed by atoms with E-state index in [0.717, 1.165) is 37.4 Å². The molecule has 1 atom stereocenters. The van der Waals surface area contributed by atoms with Crippen LogP contribution in [0.4, 0.5) is 5.69 Å². The van der Waals surface area contributed by atoms with E-state index in [0.29, 0.717) is 12.4 Å². The standard InChI is InChI=1S/C21H27N3O2.C2H2O4/c1-3-26-19-12-8-7-11-18(19)22-21(25)20(17-9-5-4-6-10-17)24-15-13-23(2)14-16-24;3-1(4)2(5)6/h4-12,20H,3,13-16H2,1-2H3,(H,22,25);(H,3,4)(H,5,6). The van der Waals surface area contributed by atoms with Gasteiger partial charge >= 0.3 is 11.9 Å². The molecule has 0 radical (unpaired) electrons. The number of rotatable bonds is 6. The van der Waals surface area contributed by atoms with E-state index in [4.69, 9.17) is 24.5 Å². The van der Waals surface area contributed by atoms with Gasteiger partial charge < -0.3 is 25.2 Å². The van der Waals surface area contributed by atoms with Crippen LogP contribution in [0.5, 0.6) is 5.75 Å². The Hall–Kier alpha value is -3.43. The molecule has 2 aromatic carbocycles. The van der Waals surface area contributed by atoms with E-state index in [1.807, 2.05) is 61.5 Å². The van der Waals surface area contributed by atoms with Crippen molar-refractivity contribution in [1.29, 1.82) is 0 Å². The third kappa shape index (κ3) is 7.36. The van der Waals surface area contributed by atoms with Crippen molar-refractivity contribution < 1.29 is 29.3 Å². The summed E-state index contributed by atoms with van der Waals surface area (Å²) >= 11 is 0. The molecule has 3 rings (SSSR count). The first-order chi connectivity index (χ1) is 15.3. The minimum Gasteiger partial charge on any atom is -0.492 e. The summed E-state index contributed by atoms with van der Waals surface area (Å²) in [6, 6.07) is 17.3. The fraction of sp³-hybridized carbons (Fsp3) is 0.348. The number of hydrogen-bond acceptors (Lipinski definition) is 6. The fourth-order valence-electron chi connectivity index (χ4n) is 3.30. The second kappa shape index (κ2) is 12.4. The Morgan fingerprint density at radius 3 is 2.06 bits per heavy atom. The number of aliphatic carboxylic acids is 2. The van der Waals surface area contributed by atoms with Crippen LogP contribution in [0.2, 0.25) is 0 Å². The second-order valence-electron chi connectivity index (χ2n) is 7.18. The number of nitrogens with one attached hydrogen (secondary N) is 1. The number of nitrogens with zero attached hydrogens (tertiary/aromatic N) is 2. The van der Waals surface area contributed by atoms with Gasteiger partial charge in [-0.2, -0.15) is 0 Å². The van der Waals surface area contributed by atoms with Crippen molar-refractivity contribution in [3.63, 3.8) is 0 Å². The molecule has 0 bridgehead atoms. The van der Waals surface area contributed by atoms with Gasteiger partial charge in [0.15, 0.2) is 0 Å². The number of anilines is 1. The lowest BCUT2D eigenvalue weighted by molar-refractivity contribution is -0.159. The monoisotopic (exact) mass is 443 g/mol. The third-order valence-corrected chi connectivity index (χ3v) is 4.89. The molecule has 2 aromatic rings. The maximum absolute atomic E-state index is 13.2. The Morgan fingerprint density at radius 2 is 1.50 bits per heavy atom. The predicted octanol–water partition coefficient (Wildman–Crippen LogP) is 2.17. The fourth-order valence-corrected chi connectivity index (χ4v) is 3.30. The minimum absolute atomic E-state index is 0.0205. The zero-order chi connectivity index (χ0) is 23.5. The molecule has 1 aliphatic rings. The molecule has 9 heteroatoms. The quantitative estimate of drug-likeness (QED) is 0.581. The second-order valence-corrected chi connectivity index (χ2v) is 7.18. The van der Waals surface area contributed by atoms with Crippen molar-refractivity contribution in [3.05, 3.63) is 60.2 Å². The van der Waals surface area contributed by atoms with Crippen LogP contribution in [-0.2, 0) is 14.4 Å². The molecule has 9 nitrogen and oxygen atoms in total. The number of carboxylic acid groups (broad SMARTS) is 2. The molecule has 1 amide bonds. The normalized spacial score (nSPS) is 15.1. The summed E-state index contributed by atoms with van der Waals surface area (Å²) in [5, 5.41) is 17.9. The van der Waals surface area contributed by atoms with Gasteiger partial charge in [-0.1, -0.05) is 42.5 Å². The maximum Gasteiger partial charge on any atom is 0.414 e. The van der Waals surface area contributed by atoms with Crippen LogP contribution in [0.1, 0.15) is 18.5 Å². The molecule has 0 aliphatic carbocycles. The molecule has 0 aromatic heterocycles. The summed E-state index contributed by atoms with van der Waals surface area (Å²) in [7, 11) is 2.12. The number of carbonyl (C=O) groups excluding carboxylic acids is 1. The number of piperazine rings is 1. The molecule has 1 aliphatic heterocycles. The van der Waals surface area contributed by atoms with Crippen LogP contribution in [0.25, 0.3) is 0 Å². The van der Waals surface area contributed by atoms with Crippen LogP contribution in [0.3, 0.4) is 0 Å². The average Bonchev–Trinajstić information content (AvgIpc) is 2.78. The van der Waals surface area contributed by atoms with Gasteiger partial charge in [0.2, 0.25) is 5.91 Å². The van der Waals surface area contributed by atoms with Crippen molar-refractivity contribution in [3.8, 4) is 5.75 Å². The summed E-state index contributed by atoms with van der Waals surface area (Å²) in [5.41, 5.74) is 1.73.